The van der Waals surface area contributed by atoms with Crippen molar-refractivity contribution < 1.29 is 0 Å². The van der Waals surface area contributed by atoms with Crippen molar-refractivity contribution in [2.24, 2.45) is 0 Å². The highest BCUT2D eigenvalue weighted by molar-refractivity contribution is 6.41. The van der Waals surface area contributed by atoms with E-state index in [9.17, 15) is 0 Å². The average molecular weight is 521 g/mol. The molecule has 0 N–H and O–H groups in total. The number of aromatic nitrogens is 1. The number of hydrogen-bond donors (Lipinski definition) is 0. The van der Waals surface area contributed by atoms with Gasteiger partial charge in [-0.2, -0.15) is 0 Å². The number of nitrogens with zero attached hydrogens (tertiary/aromatic N) is 1. The second-order valence-electron chi connectivity index (χ2n) is 5.52. The zero-order chi connectivity index (χ0) is 19.9. The number of halogens is 8. The minimum absolute atomic E-state index is 0.302. The van der Waals surface area contributed by atoms with Gasteiger partial charge in [0.15, 0.2) is 0 Å². The van der Waals surface area contributed by atoms with Crippen LogP contribution >= 0.6 is 92.8 Å². The minimum atomic E-state index is -0.678. The monoisotopic (exact) mass is 517 g/mol. The molecule has 0 saturated carbocycles. The molecule has 0 unspecified atom stereocenters. The Kier molecular flexibility index (Phi) is 6.99. The van der Waals surface area contributed by atoms with Crippen LogP contribution in [0.1, 0.15) is 22.6 Å². The molecule has 0 fully saturated rings. The summed E-state index contributed by atoms with van der Waals surface area (Å²) in [5.41, 5.74) is 1.51. The van der Waals surface area contributed by atoms with Crippen LogP contribution in [-0.2, 0) is 0 Å². The molecule has 0 saturated heterocycles. The van der Waals surface area contributed by atoms with Crippen LogP contribution in [0.25, 0.3) is 0 Å². The minimum Gasteiger partial charge on any atom is -0.262 e. The van der Waals surface area contributed by atoms with Crippen LogP contribution < -0.4 is 0 Å². The topological polar surface area (TPSA) is 12.9 Å². The van der Waals surface area contributed by atoms with E-state index in [0.717, 1.165) is 0 Å². The Labute approximate surface area is 196 Å². The van der Waals surface area contributed by atoms with Gasteiger partial charge in [-0.05, 0) is 24.3 Å². The molecule has 140 valence electrons. The molecular weight excluding hydrogens is 514 g/mol. The zero-order valence-electron chi connectivity index (χ0n) is 13.0. The Morgan fingerprint density at radius 2 is 0.778 bits per heavy atom. The molecule has 0 radical (unpaired) electrons. The molecule has 0 aliphatic heterocycles. The van der Waals surface area contributed by atoms with Crippen molar-refractivity contribution in [3.8, 4) is 0 Å². The summed E-state index contributed by atoms with van der Waals surface area (Å²) in [7, 11) is 0. The molecule has 0 atom stereocenters. The first kappa shape index (κ1) is 21.6. The van der Waals surface area contributed by atoms with E-state index < -0.39 is 5.92 Å². The lowest BCUT2D eigenvalue weighted by Gasteiger charge is -2.25. The molecule has 0 amide bonds. The fourth-order valence-corrected chi connectivity index (χ4v) is 5.44. The van der Waals surface area contributed by atoms with Crippen molar-refractivity contribution in [2.45, 2.75) is 5.92 Å². The molecule has 0 aliphatic carbocycles. The molecule has 0 aliphatic rings. The maximum Gasteiger partial charge on any atom is 0.0645 e. The van der Waals surface area contributed by atoms with Crippen LogP contribution in [0.2, 0.25) is 40.2 Å². The Bertz CT molecular complexity index is 910. The zero-order valence-corrected chi connectivity index (χ0v) is 19.1. The molecule has 27 heavy (non-hydrogen) atoms. The third-order valence-corrected chi connectivity index (χ3v) is 6.13. The van der Waals surface area contributed by atoms with Crippen molar-refractivity contribution in [1.29, 1.82) is 0 Å². The SMILES string of the molecule is Clc1cc(Cl)c(C(c2c(Cl)cncc2Cl)c2c(Cl)cc(Cl)cc2Cl)c(Cl)c1. The molecule has 1 heterocycles. The second kappa shape index (κ2) is 8.73. The van der Waals surface area contributed by atoms with Crippen molar-refractivity contribution in [1.82, 2.24) is 4.98 Å². The summed E-state index contributed by atoms with van der Waals surface area (Å²) in [5.74, 6) is -0.678. The summed E-state index contributed by atoms with van der Waals surface area (Å²) < 4.78 is 0. The van der Waals surface area contributed by atoms with Crippen molar-refractivity contribution in [2.75, 3.05) is 0 Å². The second-order valence-corrected chi connectivity index (χ2v) is 8.83. The molecule has 0 bridgehead atoms. The summed E-state index contributed by atoms with van der Waals surface area (Å²) in [6.45, 7) is 0. The van der Waals surface area contributed by atoms with E-state index in [1.54, 1.807) is 24.3 Å². The van der Waals surface area contributed by atoms with Gasteiger partial charge in [0.2, 0.25) is 0 Å². The van der Waals surface area contributed by atoms with E-state index in [1.807, 2.05) is 0 Å². The van der Waals surface area contributed by atoms with E-state index in [1.165, 1.54) is 12.4 Å². The van der Waals surface area contributed by atoms with Gasteiger partial charge in [0.1, 0.15) is 0 Å². The molecule has 1 nitrogen and oxygen atoms in total. The summed E-state index contributed by atoms with van der Waals surface area (Å²) in [6, 6.07) is 6.27. The first-order chi connectivity index (χ1) is 12.7. The Hall–Kier alpha value is -0.0900. The molecule has 0 spiro atoms. The van der Waals surface area contributed by atoms with Crippen molar-refractivity contribution in [3.05, 3.63) is 93.5 Å². The van der Waals surface area contributed by atoms with Crippen LogP contribution in [0.15, 0.2) is 36.7 Å². The first-order valence-electron chi connectivity index (χ1n) is 7.28. The summed E-state index contributed by atoms with van der Waals surface area (Å²) in [4.78, 5) is 3.99. The standard InChI is InChI=1S/C18H7Cl8N/c19-7-1-9(21)15(10(22)2-7)18(17-13(25)5-27-6-14(17)26)16-11(23)3-8(20)4-12(16)24/h1-6,18H. The van der Waals surface area contributed by atoms with Gasteiger partial charge in [0.25, 0.3) is 0 Å². The van der Waals surface area contributed by atoms with Crippen LogP contribution in [-0.4, -0.2) is 4.98 Å². The van der Waals surface area contributed by atoms with E-state index in [0.29, 0.717) is 56.9 Å². The third-order valence-electron chi connectivity index (χ3n) is 3.84. The van der Waals surface area contributed by atoms with Gasteiger partial charge in [0, 0.05) is 65.1 Å². The highest BCUT2D eigenvalue weighted by atomic mass is 35.5. The quantitative estimate of drug-likeness (QED) is 0.335. The van der Waals surface area contributed by atoms with Gasteiger partial charge in [-0.3, -0.25) is 4.98 Å². The summed E-state index contributed by atoms with van der Waals surface area (Å²) >= 11 is 50.9. The Morgan fingerprint density at radius 1 is 0.481 bits per heavy atom. The molecule has 9 heteroatoms. The van der Waals surface area contributed by atoms with Gasteiger partial charge in [-0.25, -0.2) is 0 Å². The summed E-state index contributed by atoms with van der Waals surface area (Å²) in [5, 5.41) is 2.60. The highest BCUT2D eigenvalue weighted by Gasteiger charge is 2.30. The van der Waals surface area contributed by atoms with Gasteiger partial charge in [-0.1, -0.05) is 92.8 Å². The van der Waals surface area contributed by atoms with Crippen molar-refractivity contribution >= 4 is 92.8 Å². The van der Waals surface area contributed by atoms with Gasteiger partial charge in [0.05, 0.1) is 10.0 Å². The van der Waals surface area contributed by atoms with Crippen LogP contribution in [0, 0.1) is 0 Å². The van der Waals surface area contributed by atoms with E-state index in [-0.39, 0.29) is 0 Å². The van der Waals surface area contributed by atoms with Gasteiger partial charge in [-0.15, -0.1) is 0 Å². The number of benzene rings is 2. The summed E-state index contributed by atoms with van der Waals surface area (Å²) in [6.07, 6.45) is 2.93. The lowest BCUT2D eigenvalue weighted by molar-refractivity contribution is 0.972. The number of hydrogen-bond acceptors (Lipinski definition) is 1. The van der Waals surface area contributed by atoms with E-state index in [2.05, 4.69) is 4.98 Å². The molecule has 2 aromatic carbocycles. The van der Waals surface area contributed by atoms with Crippen LogP contribution in [0.4, 0.5) is 0 Å². The Balaban J connectivity index is 2.44. The average Bonchev–Trinajstić information content (AvgIpc) is 2.52. The van der Waals surface area contributed by atoms with Crippen LogP contribution in [0.5, 0.6) is 0 Å². The van der Waals surface area contributed by atoms with E-state index in [4.69, 9.17) is 92.8 Å². The van der Waals surface area contributed by atoms with Gasteiger partial charge >= 0.3 is 0 Å². The molecular formula is C18H7Cl8N. The largest absolute Gasteiger partial charge is 0.262 e. The van der Waals surface area contributed by atoms with Crippen LogP contribution in [0.3, 0.4) is 0 Å². The first-order valence-corrected chi connectivity index (χ1v) is 10.3. The number of pyridine rings is 1. The fourth-order valence-electron chi connectivity index (χ4n) is 2.79. The third kappa shape index (κ3) is 4.42. The normalized spacial score (nSPS) is 11.3. The predicted octanol–water partition coefficient (Wildman–Crippen LogP) is 9.49. The molecule has 3 rings (SSSR count). The lowest BCUT2D eigenvalue weighted by atomic mass is 9.85. The molecule has 3 aromatic rings. The van der Waals surface area contributed by atoms with E-state index >= 15 is 0 Å². The maximum atomic E-state index is 6.49. The highest BCUT2D eigenvalue weighted by Crippen LogP contribution is 2.49. The molecule has 1 aromatic heterocycles. The smallest absolute Gasteiger partial charge is 0.0645 e. The fraction of sp³-hybridized carbons (Fsp3) is 0.0556. The number of rotatable bonds is 3. The maximum absolute atomic E-state index is 6.49. The van der Waals surface area contributed by atoms with Crippen molar-refractivity contribution in [3.63, 3.8) is 0 Å². The predicted molar refractivity (Wildman–Crippen MR) is 118 cm³/mol. The Morgan fingerprint density at radius 3 is 1.11 bits per heavy atom. The lowest BCUT2D eigenvalue weighted by Crippen LogP contribution is -2.09. The van der Waals surface area contributed by atoms with Gasteiger partial charge < -0.3 is 0 Å².